The van der Waals surface area contributed by atoms with Crippen LogP contribution >= 0.6 is 0 Å². The third kappa shape index (κ3) is 2.57. The average Bonchev–Trinajstić information content (AvgIpc) is 2.22. The highest BCUT2D eigenvalue weighted by molar-refractivity contribution is 5.69. The van der Waals surface area contributed by atoms with E-state index >= 15 is 0 Å². The maximum atomic E-state index is 13.2. The van der Waals surface area contributed by atoms with Gasteiger partial charge in [0.1, 0.15) is 5.82 Å². The molecule has 0 aliphatic heterocycles. The van der Waals surface area contributed by atoms with Crippen molar-refractivity contribution in [2.75, 3.05) is 0 Å². The molecule has 19 heavy (non-hydrogen) atoms. The highest BCUT2D eigenvalue weighted by atomic mass is 19.4. The van der Waals surface area contributed by atoms with Gasteiger partial charge in [0.2, 0.25) is 0 Å². The molecule has 0 aromatic heterocycles. The molecular formula is C13H12F4O2. The smallest absolute Gasteiger partial charge is 0.419 e. The van der Waals surface area contributed by atoms with Crippen molar-refractivity contribution in [2.24, 2.45) is 0 Å². The second kappa shape index (κ2) is 4.51. The summed E-state index contributed by atoms with van der Waals surface area (Å²) in [5.74, 6) is -2.39. The molecule has 0 bridgehead atoms. The molecule has 1 aliphatic rings. The zero-order valence-corrected chi connectivity index (χ0v) is 9.93. The van der Waals surface area contributed by atoms with Crippen LogP contribution in [0.15, 0.2) is 18.2 Å². The van der Waals surface area contributed by atoms with E-state index in [0.29, 0.717) is 12.8 Å². The first-order valence-electron chi connectivity index (χ1n) is 5.84. The van der Waals surface area contributed by atoms with Crippen LogP contribution in [0.2, 0.25) is 0 Å². The van der Waals surface area contributed by atoms with E-state index in [2.05, 4.69) is 0 Å². The van der Waals surface area contributed by atoms with E-state index in [4.69, 9.17) is 5.11 Å². The van der Waals surface area contributed by atoms with Gasteiger partial charge in [0.25, 0.3) is 0 Å². The number of alkyl halides is 3. The first-order valence-corrected chi connectivity index (χ1v) is 5.84. The van der Waals surface area contributed by atoms with Gasteiger partial charge in [-0.2, -0.15) is 13.2 Å². The highest BCUT2D eigenvalue weighted by Crippen LogP contribution is 2.47. The lowest BCUT2D eigenvalue weighted by molar-refractivity contribution is -0.140. The Balaban J connectivity index is 2.43. The molecule has 1 aromatic rings. The van der Waals surface area contributed by atoms with E-state index in [0.717, 1.165) is 18.6 Å². The van der Waals surface area contributed by atoms with Gasteiger partial charge < -0.3 is 5.11 Å². The molecular weight excluding hydrogens is 264 g/mol. The van der Waals surface area contributed by atoms with Crippen molar-refractivity contribution in [3.05, 3.63) is 35.1 Å². The van der Waals surface area contributed by atoms with Gasteiger partial charge in [-0.3, -0.25) is 4.79 Å². The number of carboxylic acid groups (broad SMARTS) is 1. The van der Waals surface area contributed by atoms with Gasteiger partial charge in [0.15, 0.2) is 0 Å². The number of halogens is 4. The van der Waals surface area contributed by atoms with Crippen LogP contribution in [0.25, 0.3) is 0 Å². The average molecular weight is 276 g/mol. The van der Waals surface area contributed by atoms with Crippen LogP contribution in [0.5, 0.6) is 0 Å². The summed E-state index contributed by atoms with van der Waals surface area (Å²) >= 11 is 0. The third-order valence-corrected chi connectivity index (χ3v) is 3.68. The molecule has 6 heteroatoms. The molecule has 1 saturated carbocycles. The van der Waals surface area contributed by atoms with E-state index in [1.807, 2.05) is 0 Å². The number of carbonyl (C=O) groups is 1. The normalized spacial score (nSPS) is 17.9. The van der Waals surface area contributed by atoms with Gasteiger partial charge in [-0.15, -0.1) is 0 Å². The summed E-state index contributed by atoms with van der Waals surface area (Å²) in [6.07, 6.45) is -3.19. The van der Waals surface area contributed by atoms with Crippen LogP contribution < -0.4 is 0 Å². The Hall–Kier alpha value is -1.59. The molecule has 0 atom stereocenters. The molecule has 0 heterocycles. The molecule has 0 unspecified atom stereocenters. The van der Waals surface area contributed by atoms with E-state index in [-0.39, 0.29) is 12.0 Å². The second-order valence-corrected chi connectivity index (χ2v) is 4.90. The summed E-state index contributed by atoms with van der Waals surface area (Å²) in [6, 6.07) is 2.77. The molecule has 1 aliphatic carbocycles. The maximum Gasteiger partial charge on any atom is 0.419 e. The predicted octanol–water partition coefficient (Wildman–Crippen LogP) is 3.74. The molecule has 2 nitrogen and oxygen atoms in total. The molecule has 1 aromatic carbocycles. The zero-order valence-electron chi connectivity index (χ0n) is 9.93. The van der Waals surface area contributed by atoms with Crippen molar-refractivity contribution in [1.29, 1.82) is 0 Å². The van der Waals surface area contributed by atoms with Crippen molar-refractivity contribution in [3.8, 4) is 0 Å². The van der Waals surface area contributed by atoms with Crippen molar-refractivity contribution in [2.45, 2.75) is 37.3 Å². The van der Waals surface area contributed by atoms with Crippen LogP contribution in [0.1, 0.15) is 36.8 Å². The Morgan fingerprint density at radius 3 is 2.37 bits per heavy atom. The van der Waals surface area contributed by atoms with Gasteiger partial charge >= 0.3 is 12.1 Å². The van der Waals surface area contributed by atoms with Crippen LogP contribution in [0.4, 0.5) is 17.6 Å². The third-order valence-electron chi connectivity index (χ3n) is 3.68. The van der Waals surface area contributed by atoms with Crippen molar-refractivity contribution >= 4 is 5.97 Å². The van der Waals surface area contributed by atoms with Gasteiger partial charge in [-0.05, 0) is 30.5 Å². The van der Waals surface area contributed by atoms with Crippen molar-refractivity contribution < 1.29 is 27.5 Å². The lowest BCUT2D eigenvalue weighted by Crippen LogP contribution is -2.36. The number of rotatable bonds is 3. The molecule has 0 radical (unpaired) electrons. The molecule has 0 amide bonds. The van der Waals surface area contributed by atoms with E-state index in [1.165, 1.54) is 6.07 Å². The van der Waals surface area contributed by atoms with Crippen LogP contribution in [0, 0.1) is 5.82 Å². The number of hydrogen-bond donors (Lipinski definition) is 1. The SMILES string of the molecule is O=C(O)CC1(c2ccc(F)c(C(F)(F)F)c2)CCC1. The topological polar surface area (TPSA) is 37.3 Å². The Morgan fingerprint density at radius 2 is 1.95 bits per heavy atom. The van der Waals surface area contributed by atoms with E-state index in [9.17, 15) is 22.4 Å². The quantitative estimate of drug-likeness (QED) is 0.854. The summed E-state index contributed by atoms with van der Waals surface area (Å²) in [5.41, 5.74) is -1.85. The molecule has 1 fully saturated rings. The van der Waals surface area contributed by atoms with Crippen LogP contribution in [-0.2, 0) is 16.4 Å². The summed E-state index contributed by atoms with van der Waals surface area (Å²) in [5, 5.41) is 8.86. The lowest BCUT2D eigenvalue weighted by atomic mass is 9.62. The number of carboxylic acids is 1. The van der Waals surface area contributed by atoms with Gasteiger partial charge in [0.05, 0.1) is 12.0 Å². The number of benzene rings is 1. The fourth-order valence-corrected chi connectivity index (χ4v) is 2.53. The molecule has 1 N–H and O–H groups in total. The van der Waals surface area contributed by atoms with Crippen LogP contribution in [0.3, 0.4) is 0 Å². The second-order valence-electron chi connectivity index (χ2n) is 4.90. The standard InChI is InChI=1S/C13H12F4O2/c14-10-3-2-8(6-9(10)13(15,16)17)12(4-1-5-12)7-11(18)19/h2-3,6H,1,4-5,7H2,(H,18,19). The molecule has 0 spiro atoms. The van der Waals surface area contributed by atoms with Crippen molar-refractivity contribution in [3.63, 3.8) is 0 Å². The summed E-state index contributed by atoms with van der Waals surface area (Å²) in [6.45, 7) is 0. The largest absolute Gasteiger partial charge is 0.481 e. The Labute approximate surface area is 107 Å². The molecule has 0 saturated heterocycles. The monoisotopic (exact) mass is 276 g/mol. The predicted molar refractivity (Wildman–Crippen MR) is 59.2 cm³/mol. The summed E-state index contributed by atoms with van der Waals surface area (Å²) < 4.78 is 51.1. The minimum Gasteiger partial charge on any atom is -0.481 e. The van der Waals surface area contributed by atoms with Gasteiger partial charge in [-0.1, -0.05) is 12.5 Å². The highest BCUT2D eigenvalue weighted by Gasteiger charge is 2.42. The fourth-order valence-electron chi connectivity index (χ4n) is 2.53. The number of hydrogen-bond acceptors (Lipinski definition) is 1. The number of aliphatic carboxylic acids is 1. The zero-order chi connectivity index (χ0) is 14.3. The van der Waals surface area contributed by atoms with Gasteiger partial charge in [-0.25, -0.2) is 4.39 Å². The maximum absolute atomic E-state index is 13.2. The minimum absolute atomic E-state index is 0.226. The Kier molecular flexibility index (Phi) is 3.28. The Morgan fingerprint density at radius 1 is 1.32 bits per heavy atom. The molecule has 2 rings (SSSR count). The van der Waals surface area contributed by atoms with Crippen LogP contribution in [-0.4, -0.2) is 11.1 Å². The van der Waals surface area contributed by atoms with E-state index < -0.39 is 28.9 Å². The first kappa shape index (κ1) is 13.8. The minimum atomic E-state index is -4.77. The molecule has 104 valence electrons. The first-order chi connectivity index (χ1) is 8.74. The Bertz CT molecular complexity index is 504. The summed E-state index contributed by atoms with van der Waals surface area (Å²) in [7, 11) is 0. The van der Waals surface area contributed by atoms with E-state index in [1.54, 1.807) is 0 Å². The summed E-state index contributed by atoms with van der Waals surface area (Å²) in [4.78, 5) is 10.8. The fraction of sp³-hybridized carbons (Fsp3) is 0.462. The van der Waals surface area contributed by atoms with Crippen molar-refractivity contribution in [1.82, 2.24) is 0 Å². The van der Waals surface area contributed by atoms with Gasteiger partial charge in [0, 0.05) is 5.41 Å². The lowest BCUT2D eigenvalue weighted by Gasteiger charge is -2.41.